The number of rotatable bonds is 2. The minimum Gasteiger partial charge on any atom is -0.372 e. The first-order valence-electron chi connectivity index (χ1n) is 9.99. The lowest BCUT2D eigenvalue weighted by Crippen LogP contribution is -2.27. The van der Waals surface area contributed by atoms with Gasteiger partial charge in [-0.25, -0.2) is 0 Å². The van der Waals surface area contributed by atoms with Crippen LogP contribution >= 0.6 is 23.2 Å². The highest BCUT2D eigenvalue weighted by Gasteiger charge is 2.36. The standard InChI is InChI=1S/C25H20Cl2N2O/c26-17-11-9-15(10-12-17)16-13-22-24(23(30)14-16)25(18-5-1-2-6-19(18)27)29-21-8-4-3-7-20(21)28-22/h1-12,16,25,28-29H,13-14H2/t16-,25-/m1/s1. The molecule has 0 aromatic heterocycles. The number of hydrogen-bond donors (Lipinski definition) is 2. The predicted molar refractivity (Wildman–Crippen MR) is 123 cm³/mol. The van der Waals surface area contributed by atoms with E-state index in [-0.39, 0.29) is 17.7 Å². The molecule has 0 spiro atoms. The average molecular weight is 435 g/mol. The van der Waals surface area contributed by atoms with Crippen molar-refractivity contribution in [3.8, 4) is 0 Å². The van der Waals surface area contributed by atoms with Gasteiger partial charge in [0.1, 0.15) is 0 Å². The molecule has 5 heteroatoms. The van der Waals surface area contributed by atoms with E-state index < -0.39 is 0 Å². The van der Waals surface area contributed by atoms with Gasteiger partial charge in [-0.3, -0.25) is 4.79 Å². The number of carbonyl (C=O) groups excluding carboxylic acids is 1. The van der Waals surface area contributed by atoms with Crippen LogP contribution in [-0.2, 0) is 4.79 Å². The van der Waals surface area contributed by atoms with Crippen molar-refractivity contribution in [2.75, 3.05) is 10.6 Å². The number of para-hydroxylation sites is 2. The van der Waals surface area contributed by atoms with E-state index in [0.717, 1.165) is 40.2 Å². The quantitative estimate of drug-likeness (QED) is 0.457. The van der Waals surface area contributed by atoms with Gasteiger partial charge in [0.25, 0.3) is 0 Å². The zero-order chi connectivity index (χ0) is 20.7. The number of anilines is 2. The van der Waals surface area contributed by atoms with Crippen molar-refractivity contribution < 1.29 is 4.79 Å². The number of hydrogen-bond acceptors (Lipinski definition) is 3. The second-order valence-corrected chi connectivity index (χ2v) is 8.59. The number of carbonyl (C=O) groups is 1. The van der Waals surface area contributed by atoms with Gasteiger partial charge in [0.05, 0.1) is 17.4 Å². The topological polar surface area (TPSA) is 41.1 Å². The normalized spacial score (nSPS) is 20.5. The molecule has 0 saturated carbocycles. The molecule has 1 aliphatic carbocycles. The number of Topliss-reactive ketones (excluding diaryl/α,β-unsaturated/α-hetero) is 1. The molecule has 0 unspecified atom stereocenters. The summed E-state index contributed by atoms with van der Waals surface area (Å²) in [7, 11) is 0. The molecule has 2 atom stereocenters. The van der Waals surface area contributed by atoms with Crippen molar-refractivity contribution in [3.63, 3.8) is 0 Å². The molecule has 2 aliphatic rings. The maximum Gasteiger partial charge on any atom is 0.163 e. The molecule has 0 bridgehead atoms. The summed E-state index contributed by atoms with van der Waals surface area (Å²) in [5.74, 6) is 0.243. The molecule has 150 valence electrons. The highest BCUT2D eigenvalue weighted by atomic mass is 35.5. The predicted octanol–water partition coefficient (Wildman–Crippen LogP) is 6.97. The van der Waals surface area contributed by atoms with Crippen LogP contribution in [0.4, 0.5) is 11.4 Å². The van der Waals surface area contributed by atoms with Gasteiger partial charge in [-0.1, -0.05) is 65.7 Å². The van der Waals surface area contributed by atoms with Gasteiger partial charge in [-0.2, -0.15) is 0 Å². The van der Waals surface area contributed by atoms with Crippen molar-refractivity contribution in [1.29, 1.82) is 0 Å². The molecular formula is C25H20Cl2N2O. The number of ketones is 1. The minimum absolute atomic E-state index is 0.109. The zero-order valence-electron chi connectivity index (χ0n) is 16.2. The van der Waals surface area contributed by atoms with E-state index in [1.807, 2.05) is 72.8 Å². The molecule has 2 N–H and O–H groups in total. The monoisotopic (exact) mass is 434 g/mol. The molecule has 1 aliphatic heterocycles. The lowest BCUT2D eigenvalue weighted by molar-refractivity contribution is -0.116. The fraction of sp³-hybridized carbons (Fsp3) is 0.160. The molecule has 3 aromatic carbocycles. The first-order valence-corrected chi connectivity index (χ1v) is 10.7. The van der Waals surface area contributed by atoms with Crippen LogP contribution in [0.25, 0.3) is 0 Å². The molecule has 30 heavy (non-hydrogen) atoms. The van der Waals surface area contributed by atoms with Crippen LogP contribution in [0.3, 0.4) is 0 Å². The van der Waals surface area contributed by atoms with E-state index in [0.29, 0.717) is 16.5 Å². The molecule has 0 fully saturated rings. The van der Waals surface area contributed by atoms with E-state index >= 15 is 0 Å². The fourth-order valence-corrected chi connectivity index (χ4v) is 4.78. The van der Waals surface area contributed by atoms with Gasteiger partial charge in [-0.05, 0) is 53.8 Å². The Morgan fingerprint density at radius 2 is 1.50 bits per heavy atom. The molecule has 1 heterocycles. The highest BCUT2D eigenvalue weighted by Crippen LogP contribution is 2.45. The van der Waals surface area contributed by atoms with Crippen LogP contribution in [0.2, 0.25) is 10.0 Å². The maximum atomic E-state index is 13.5. The molecule has 3 aromatic rings. The number of allylic oxidation sites excluding steroid dienone is 1. The summed E-state index contributed by atoms with van der Waals surface area (Å²) in [5.41, 5.74) is 5.67. The smallest absolute Gasteiger partial charge is 0.163 e. The molecular weight excluding hydrogens is 415 g/mol. The van der Waals surface area contributed by atoms with Gasteiger partial charge >= 0.3 is 0 Å². The first-order chi connectivity index (χ1) is 14.6. The molecule has 0 amide bonds. The average Bonchev–Trinajstić information content (AvgIpc) is 2.91. The lowest BCUT2D eigenvalue weighted by atomic mass is 9.78. The molecule has 5 rings (SSSR count). The molecule has 0 radical (unpaired) electrons. The Hall–Kier alpha value is -2.75. The van der Waals surface area contributed by atoms with E-state index in [2.05, 4.69) is 10.6 Å². The van der Waals surface area contributed by atoms with E-state index in [1.54, 1.807) is 0 Å². The van der Waals surface area contributed by atoms with Crippen molar-refractivity contribution in [1.82, 2.24) is 0 Å². The summed E-state index contributed by atoms with van der Waals surface area (Å²) < 4.78 is 0. The first kappa shape index (κ1) is 19.2. The largest absolute Gasteiger partial charge is 0.372 e. The fourth-order valence-electron chi connectivity index (χ4n) is 4.41. The van der Waals surface area contributed by atoms with Crippen LogP contribution in [0.5, 0.6) is 0 Å². The molecule has 3 nitrogen and oxygen atoms in total. The highest BCUT2D eigenvalue weighted by molar-refractivity contribution is 6.31. The van der Waals surface area contributed by atoms with E-state index in [9.17, 15) is 4.79 Å². The summed E-state index contributed by atoms with van der Waals surface area (Å²) in [5, 5.41) is 8.46. The Morgan fingerprint density at radius 3 is 2.27 bits per heavy atom. The van der Waals surface area contributed by atoms with Crippen LogP contribution < -0.4 is 10.6 Å². The Labute approximate surface area is 185 Å². The summed E-state index contributed by atoms with van der Waals surface area (Å²) in [6, 6.07) is 23.2. The van der Waals surface area contributed by atoms with Crippen molar-refractivity contribution in [2.45, 2.75) is 24.8 Å². The second kappa shape index (κ2) is 7.82. The maximum absolute atomic E-state index is 13.5. The van der Waals surface area contributed by atoms with Crippen molar-refractivity contribution >= 4 is 40.4 Å². The third kappa shape index (κ3) is 3.49. The van der Waals surface area contributed by atoms with Crippen LogP contribution in [-0.4, -0.2) is 5.78 Å². The third-order valence-corrected chi connectivity index (χ3v) is 6.46. The van der Waals surface area contributed by atoms with Gasteiger partial charge in [0.2, 0.25) is 0 Å². The number of benzene rings is 3. The third-order valence-electron chi connectivity index (χ3n) is 5.87. The van der Waals surface area contributed by atoms with Crippen LogP contribution in [0, 0.1) is 0 Å². The Balaban J connectivity index is 1.62. The summed E-state index contributed by atoms with van der Waals surface area (Å²) in [6.07, 6.45) is 1.21. The van der Waals surface area contributed by atoms with E-state index in [4.69, 9.17) is 23.2 Å². The minimum atomic E-state index is -0.302. The lowest BCUT2D eigenvalue weighted by Gasteiger charge is -2.30. The van der Waals surface area contributed by atoms with Gasteiger partial charge in [0.15, 0.2) is 5.78 Å². The number of fused-ring (bicyclic) bond motifs is 1. The number of halogens is 2. The van der Waals surface area contributed by atoms with Gasteiger partial charge < -0.3 is 10.6 Å². The summed E-state index contributed by atoms with van der Waals surface area (Å²) in [6.45, 7) is 0. The Morgan fingerprint density at radius 1 is 0.800 bits per heavy atom. The number of nitrogens with one attached hydrogen (secondary N) is 2. The Kier molecular flexibility index (Phi) is 5.01. The Bertz CT molecular complexity index is 1150. The van der Waals surface area contributed by atoms with Gasteiger partial charge in [-0.15, -0.1) is 0 Å². The van der Waals surface area contributed by atoms with Crippen LogP contribution in [0.15, 0.2) is 84.1 Å². The van der Waals surface area contributed by atoms with Gasteiger partial charge in [0, 0.05) is 27.7 Å². The SMILES string of the molecule is O=C1C[C@H](c2ccc(Cl)cc2)CC2=C1[C@@H](c1ccccc1Cl)Nc1ccccc1N2. The van der Waals surface area contributed by atoms with E-state index in [1.165, 1.54) is 0 Å². The second-order valence-electron chi connectivity index (χ2n) is 7.74. The molecule has 0 saturated heterocycles. The van der Waals surface area contributed by atoms with Crippen molar-refractivity contribution in [2.24, 2.45) is 0 Å². The summed E-state index contributed by atoms with van der Waals surface area (Å²) >= 11 is 12.6. The van der Waals surface area contributed by atoms with Crippen LogP contribution in [0.1, 0.15) is 35.9 Å². The van der Waals surface area contributed by atoms with Crippen molar-refractivity contribution in [3.05, 3.63) is 105 Å². The summed E-state index contributed by atoms with van der Waals surface area (Å²) in [4.78, 5) is 13.5. The zero-order valence-corrected chi connectivity index (χ0v) is 17.7.